The zero-order valence-corrected chi connectivity index (χ0v) is 29.1. The van der Waals surface area contributed by atoms with Gasteiger partial charge in [-0.2, -0.15) is 5.10 Å². The third-order valence-corrected chi connectivity index (χ3v) is 10.6. The van der Waals surface area contributed by atoms with Gasteiger partial charge in [0, 0.05) is 34.4 Å². The summed E-state index contributed by atoms with van der Waals surface area (Å²) in [7, 11) is 0. The van der Waals surface area contributed by atoms with Crippen LogP contribution in [-0.2, 0) is 10.8 Å². The standard InChI is InChI=1S/C46H43N3/c1-6-28-48(33-14-8-7-9-15-33)47-31-32-20-22-34(23-21-32)49(35-24-26-39-37-16-10-12-18-41(37)45(2,3)43(39)29-35)36-25-27-40-38-17-11-13-19-42(38)46(4,5)44(40)30-36/h7-27,29-31H,6,28H2,1-5H3. The Bertz CT molecular complexity index is 2080. The van der Waals surface area contributed by atoms with Gasteiger partial charge in [-0.05, 0) is 105 Å². The van der Waals surface area contributed by atoms with Crippen LogP contribution in [-0.4, -0.2) is 12.8 Å². The van der Waals surface area contributed by atoms with Crippen LogP contribution in [0.15, 0.2) is 145 Å². The Kier molecular flexibility index (Phi) is 7.52. The minimum absolute atomic E-state index is 0.0847. The molecule has 0 unspecified atom stereocenters. The Morgan fingerprint density at radius 2 is 0.959 bits per heavy atom. The maximum atomic E-state index is 4.89. The molecule has 0 bridgehead atoms. The summed E-state index contributed by atoms with van der Waals surface area (Å²) >= 11 is 0. The van der Waals surface area contributed by atoms with Crippen molar-refractivity contribution in [3.8, 4) is 22.3 Å². The number of rotatable bonds is 8. The number of hydrogen-bond acceptors (Lipinski definition) is 3. The lowest BCUT2D eigenvalue weighted by atomic mass is 9.82. The number of hydrogen-bond donors (Lipinski definition) is 0. The third-order valence-electron chi connectivity index (χ3n) is 10.6. The fourth-order valence-corrected chi connectivity index (χ4v) is 8.02. The molecule has 0 aliphatic heterocycles. The van der Waals surface area contributed by atoms with E-state index in [1.807, 2.05) is 12.3 Å². The van der Waals surface area contributed by atoms with Crippen molar-refractivity contribution < 1.29 is 0 Å². The minimum Gasteiger partial charge on any atom is -0.310 e. The highest BCUT2D eigenvalue weighted by molar-refractivity contribution is 5.89. The van der Waals surface area contributed by atoms with Crippen molar-refractivity contribution in [3.63, 3.8) is 0 Å². The molecule has 49 heavy (non-hydrogen) atoms. The van der Waals surface area contributed by atoms with E-state index in [0.29, 0.717) is 0 Å². The molecule has 0 aromatic heterocycles. The first-order valence-electron chi connectivity index (χ1n) is 17.5. The first kappa shape index (κ1) is 30.9. The van der Waals surface area contributed by atoms with Gasteiger partial charge < -0.3 is 4.90 Å². The molecule has 0 fully saturated rings. The first-order valence-corrected chi connectivity index (χ1v) is 17.5. The van der Waals surface area contributed by atoms with E-state index in [0.717, 1.165) is 41.3 Å². The zero-order valence-electron chi connectivity index (χ0n) is 29.1. The predicted molar refractivity (Wildman–Crippen MR) is 208 cm³/mol. The van der Waals surface area contributed by atoms with Gasteiger partial charge >= 0.3 is 0 Å². The van der Waals surface area contributed by atoms with Crippen molar-refractivity contribution in [2.45, 2.75) is 51.9 Å². The Morgan fingerprint density at radius 1 is 0.490 bits per heavy atom. The second-order valence-corrected chi connectivity index (χ2v) is 14.4. The predicted octanol–water partition coefficient (Wildman–Crippen LogP) is 12.0. The highest BCUT2D eigenvalue weighted by atomic mass is 15.4. The van der Waals surface area contributed by atoms with Crippen LogP contribution in [0, 0.1) is 0 Å². The molecule has 6 aromatic carbocycles. The first-order chi connectivity index (χ1) is 23.8. The molecule has 6 aromatic rings. The minimum atomic E-state index is -0.0847. The lowest BCUT2D eigenvalue weighted by Gasteiger charge is -2.29. The number of nitrogens with zero attached hydrogens (tertiary/aromatic N) is 3. The van der Waals surface area contributed by atoms with Crippen molar-refractivity contribution in [1.29, 1.82) is 0 Å². The Labute approximate surface area is 291 Å². The Hall–Kier alpha value is -5.41. The van der Waals surface area contributed by atoms with Crippen LogP contribution in [0.25, 0.3) is 22.3 Å². The maximum absolute atomic E-state index is 4.89. The van der Waals surface area contributed by atoms with E-state index in [-0.39, 0.29) is 10.8 Å². The number of anilines is 4. The molecule has 0 saturated carbocycles. The smallest absolute Gasteiger partial charge is 0.0593 e. The molecule has 0 atom stereocenters. The maximum Gasteiger partial charge on any atom is 0.0593 e. The van der Waals surface area contributed by atoms with Gasteiger partial charge in [0.05, 0.1) is 11.9 Å². The van der Waals surface area contributed by atoms with E-state index >= 15 is 0 Å². The molecule has 0 radical (unpaired) electrons. The van der Waals surface area contributed by atoms with E-state index in [1.165, 1.54) is 44.5 Å². The quantitative estimate of drug-likeness (QED) is 0.122. The summed E-state index contributed by atoms with van der Waals surface area (Å²) in [5.74, 6) is 0. The molecule has 242 valence electrons. The number of fused-ring (bicyclic) bond motifs is 6. The van der Waals surface area contributed by atoms with Gasteiger partial charge in [-0.25, -0.2) is 0 Å². The monoisotopic (exact) mass is 637 g/mol. The van der Waals surface area contributed by atoms with Gasteiger partial charge in [-0.1, -0.05) is 126 Å². The van der Waals surface area contributed by atoms with Gasteiger partial charge in [0.15, 0.2) is 0 Å². The van der Waals surface area contributed by atoms with Crippen LogP contribution in [0.1, 0.15) is 68.9 Å². The second kappa shape index (κ2) is 11.9. The molecule has 0 amide bonds. The van der Waals surface area contributed by atoms with E-state index in [2.05, 4.69) is 178 Å². The van der Waals surface area contributed by atoms with Crippen molar-refractivity contribution in [1.82, 2.24) is 0 Å². The molecule has 2 aliphatic rings. The molecular formula is C46H43N3. The average Bonchev–Trinajstić information content (AvgIpc) is 3.50. The summed E-state index contributed by atoms with van der Waals surface area (Å²) < 4.78 is 0. The second-order valence-electron chi connectivity index (χ2n) is 14.4. The van der Waals surface area contributed by atoms with Gasteiger partial charge in [0.2, 0.25) is 0 Å². The van der Waals surface area contributed by atoms with E-state index < -0.39 is 0 Å². The molecule has 8 rings (SSSR count). The SMILES string of the molecule is CCCN(N=Cc1ccc(N(c2ccc3c(c2)C(C)(C)c2ccccc2-3)c2ccc3c(c2)C(C)(C)c2ccccc2-3)cc1)c1ccccc1. The largest absolute Gasteiger partial charge is 0.310 e. The summed E-state index contributed by atoms with van der Waals surface area (Å²) in [5.41, 5.74) is 16.3. The molecule has 2 aliphatic carbocycles. The van der Waals surface area contributed by atoms with Crippen LogP contribution in [0.2, 0.25) is 0 Å². The topological polar surface area (TPSA) is 18.8 Å². The Morgan fingerprint density at radius 3 is 1.49 bits per heavy atom. The van der Waals surface area contributed by atoms with Gasteiger partial charge in [0.1, 0.15) is 0 Å². The van der Waals surface area contributed by atoms with Crippen molar-refractivity contribution in [2.24, 2.45) is 5.10 Å². The molecule has 0 N–H and O–H groups in total. The van der Waals surface area contributed by atoms with Crippen molar-refractivity contribution >= 4 is 29.0 Å². The molecule has 3 heteroatoms. The van der Waals surface area contributed by atoms with Crippen molar-refractivity contribution in [3.05, 3.63) is 167 Å². The normalized spacial score (nSPS) is 14.6. The third kappa shape index (κ3) is 5.16. The van der Waals surface area contributed by atoms with Gasteiger partial charge in [0.25, 0.3) is 0 Å². The molecule has 0 saturated heterocycles. The average molecular weight is 638 g/mol. The molecule has 0 heterocycles. The van der Waals surface area contributed by atoms with Gasteiger partial charge in [-0.15, -0.1) is 0 Å². The lowest BCUT2D eigenvalue weighted by molar-refractivity contribution is 0.660. The van der Waals surface area contributed by atoms with Crippen LogP contribution >= 0.6 is 0 Å². The Balaban J connectivity index is 1.21. The summed E-state index contributed by atoms with van der Waals surface area (Å²) in [6.07, 6.45) is 2.99. The van der Waals surface area contributed by atoms with Crippen LogP contribution in [0.3, 0.4) is 0 Å². The molecule has 3 nitrogen and oxygen atoms in total. The van der Waals surface area contributed by atoms with E-state index in [4.69, 9.17) is 5.10 Å². The molecular weight excluding hydrogens is 595 g/mol. The van der Waals surface area contributed by atoms with Crippen molar-refractivity contribution in [2.75, 3.05) is 16.5 Å². The number of benzene rings is 6. The van der Waals surface area contributed by atoms with Gasteiger partial charge in [-0.3, -0.25) is 5.01 Å². The summed E-state index contributed by atoms with van der Waals surface area (Å²) in [6, 6.07) is 51.0. The summed E-state index contributed by atoms with van der Waals surface area (Å²) in [5, 5.41) is 6.97. The number of para-hydroxylation sites is 1. The van der Waals surface area contributed by atoms with Crippen LogP contribution in [0.5, 0.6) is 0 Å². The van der Waals surface area contributed by atoms with Crippen LogP contribution < -0.4 is 9.91 Å². The lowest BCUT2D eigenvalue weighted by Crippen LogP contribution is -2.18. The van der Waals surface area contributed by atoms with Crippen LogP contribution in [0.4, 0.5) is 22.7 Å². The zero-order chi connectivity index (χ0) is 33.8. The van der Waals surface area contributed by atoms with E-state index in [1.54, 1.807) is 0 Å². The fourth-order valence-electron chi connectivity index (χ4n) is 8.02. The summed E-state index contributed by atoms with van der Waals surface area (Å²) in [6.45, 7) is 12.5. The highest BCUT2D eigenvalue weighted by Crippen LogP contribution is 2.53. The highest BCUT2D eigenvalue weighted by Gasteiger charge is 2.37. The summed E-state index contributed by atoms with van der Waals surface area (Å²) in [4.78, 5) is 2.42. The molecule has 0 spiro atoms. The van der Waals surface area contributed by atoms with E-state index in [9.17, 15) is 0 Å². The fraction of sp³-hybridized carbons (Fsp3) is 0.196. The number of hydrazone groups is 1.